The molecule has 0 aliphatic carbocycles. The zero-order valence-electron chi connectivity index (χ0n) is 11.2. The van der Waals surface area contributed by atoms with E-state index in [0.29, 0.717) is 6.04 Å². The average molecular weight is 236 g/mol. The van der Waals surface area contributed by atoms with E-state index in [1.54, 1.807) is 0 Å². The third-order valence-electron chi connectivity index (χ3n) is 3.63. The van der Waals surface area contributed by atoms with E-state index in [1.165, 1.54) is 32.4 Å². The average Bonchev–Trinajstić information content (AvgIpc) is 2.69. The van der Waals surface area contributed by atoms with Gasteiger partial charge in [0, 0.05) is 12.5 Å². The van der Waals surface area contributed by atoms with Crippen LogP contribution >= 0.6 is 0 Å². The molecule has 1 atom stereocenters. The maximum absolute atomic E-state index is 4.31. The molecule has 1 saturated heterocycles. The number of nitrogens with zero attached hydrogens (tertiary/aromatic N) is 3. The summed E-state index contributed by atoms with van der Waals surface area (Å²) in [6.45, 7) is 8.80. The fraction of sp³-hybridized carbons (Fsp3) is 0.846. The molecule has 2 heterocycles. The van der Waals surface area contributed by atoms with Crippen LogP contribution in [0.15, 0.2) is 0 Å². The Morgan fingerprint density at radius 1 is 1.41 bits per heavy atom. The van der Waals surface area contributed by atoms with Crippen LogP contribution in [0.3, 0.4) is 0 Å². The molecule has 1 aliphatic rings. The number of hydrogen-bond acceptors (Lipinski definition) is 3. The highest BCUT2D eigenvalue weighted by atomic mass is 15.3. The van der Waals surface area contributed by atoms with Crippen LogP contribution in [0.5, 0.6) is 0 Å². The number of aryl methyl sites for hydroxylation is 2. The van der Waals surface area contributed by atoms with E-state index in [1.807, 2.05) is 6.92 Å². The van der Waals surface area contributed by atoms with E-state index in [0.717, 1.165) is 24.0 Å². The minimum Gasteiger partial charge on any atom is -0.316 e. The second-order valence-electron chi connectivity index (χ2n) is 5.38. The van der Waals surface area contributed by atoms with Crippen LogP contribution < -0.4 is 5.32 Å². The first-order valence-corrected chi connectivity index (χ1v) is 6.79. The van der Waals surface area contributed by atoms with Gasteiger partial charge in [0.15, 0.2) is 0 Å². The summed E-state index contributed by atoms with van der Waals surface area (Å²) < 4.78 is 2.26. The van der Waals surface area contributed by atoms with Crippen molar-refractivity contribution in [1.29, 1.82) is 0 Å². The highest BCUT2D eigenvalue weighted by Crippen LogP contribution is 2.18. The molecule has 1 aliphatic heterocycles. The summed E-state index contributed by atoms with van der Waals surface area (Å²) in [7, 11) is 0. The molecule has 4 heteroatoms. The molecule has 1 unspecified atom stereocenters. The van der Waals surface area contributed by atoms with Gasteiger partial charge in [0.05, 0.1) is 0 Å². The molecule has 0 bridgehead atoms. The Morgan fingerprint density at radius 3 is 2.88 bits per heavy atom. The van der Waals surface area contributed by atoms with Crippen LogP contribution in [0.1, 0.15) is 50.8 Å². The fourth-order valence-electron chi connectivity index (χ4n) is 2.76. The lowest BCUT2D eigenvalue weighted by atomic mass is 9.94. The summed E-state index contributed by atoms with van der Waals surface area (Å²) in [5.74, 6) is 3.02. The van der Waals surface area contributed by atoms with Crippen molar-refractivity contribution in [2.24, 2.45) is 5.92 Å². The van der Waals surface area contributed by atoms with Crippen molar-refractivity contribution in [3.8, 4) is 0 Å². The lowest BCUT2D eigenvalue weighted by molar-refractivity contribution is 0.353. The van der Waals surface area contributed by atoms with Gasteiger partial charge in [-0.1, -0.05) is 0 Å². The minimum atomic E-state index is 0.462. The van der Waals surface area contributed by atoms with Gasteiger partial charge in [0.25, 0.3) is 0 Å². The van der Waals surface area contributed by atoms with Crippen LogP contribution in [0, 0.1) is 12.8 Å². The zero-order chi connectivity index (χ0) is 12.3. The van der Waals surface area contributed by atoms with Crippen molar-refractivity contribution in [3.05, 3.63) is 11.6 Å². The Bertz CT molecular complexity index is 350. The van der Waals surface area contributed by atoms with E-state index in [2.05, 4.69) is 33.9 Å². The smallest absolute Gasteiger partial charge is 0.133 e. The van der Waals surface area contributed by atoms with E-state index in [9.17, 15) is 0 Å². The first kappa shape index (κ1) is 12.6. The molecular weight excluding hydrogens is 212 g/mol. The lowest BCUT2D eigenvalue weighted by Gasteiger charge is -2.22. The summed E-state index contributed by atoms with van der Waals surface area (Å²) >= 11 is 0. The predicted octanol–water partition coefficient (Wildman–Crippen LogP) is 2.10. The van der Waals surface area contributed by atoms with Gasteiger partial charge in [0.1, 0.15) is 11.6 Å². The van der Waals surface area contributed by atoms with Gasteiger partial charge in [-0.2, -0.15) is 0 Å². The maximum atomic E-state index is 4.31. The van der Waals surface area contributed by atoms with Crippen LogP contribution in [-0.2, 0) is 6.42 Å². The van der Waals surface area contributed by atoms with Gasteiger partial charge < -0.3 is 9.88 Å². The number of aromatic nitrogens is 3. The van der Waals surface area contributed by atoms with Crippen LogP contribution in [0.2, 0.25) is 0 Å². The third kappa shape index (κ3) is 3.06. The molecule has 0 amide bonds. The molecule has 1 aromatic heterocycles. The largest absolute Gasteiger partial charge is 0.316 e. The number of rotatable bonds is 4. The number of nitrogens with one attached hydrogen (secondary N) is 1. The van der Waals surface area contributed by atoms with Gasteiger partial charge in [-0.15, -0.1) is 10.2 Å². The van der Waals surface area contributed by atoms with Crippen molar-refractivity contribution in [1.82, 2.24) is 20.1 Å². The highest BCUT2D eigenvalue weighted by molar-refractivity contribution is 4.96. The number of piperidine rings is 1. The van der Waals surface area contributed by atoms with Gasteiger partial charge in [-0.3, -0.25) is 0 Å². The monoisotopic (exact) mass is 236 g/mol. The Morgan fingerprint density at radius 2 is 2.24 bits per heavy atom. The summed E-state index contributed by atoms with van der Waals surface area (Å²) in [6.07, 6.45) is 4.98. The van der Waals surface area contributed by atoms with E-state index in [-0.39, 0.29) is 0 Å². The SMILES string of the molecule is Cc1nnc(CCC2CCCNC2)n1C(C)C. The second-order valence-corrected chi connectivity index (χ2v) is 5.38. The first-order valence-electron chi connectivity index (χ1n) is 6.79. The third-order valence-corrected chi connectivity index (χ3v) is 3.63. The quantitative estimate of drug-likeness (QED) is 0.870. The van der Waals surface area contributed by atoms with Crippen molar-refractivity contribution in [2.45, 2.75) is 52.5 Å². The van der Waals surface area contributed by atoms with Gasteiger partial charge in [-0.05, 0) is 59.0 Å². The molecule has 1 fully saturated rings. The molecule has 0 saturated carbocycles. The summed E-state index contributed by atoms with van der Waals surface area (Å²) in [6, 6.07) is 0.462. The van der Waals surface area contributed by atoms with Crippen molar-refractivity contribution in [2.75, 3.05) is 13.1 Å². The summed E-state index contributed by atoms with van der Waals surface area (Å²) in [5, 5.41) is 12.0. The molecule has 0 aromatic carbocycles. The van der Waals surface area contributed by atoms with Crippen molar-refractivity contribution >= 4 is 0 Å². The normalized spacial score (nSPS) is 21.1. The predicted molar refractivity (Wildman–Crippen MR) is 69.1 cm³/mol. The standard InChI is InChI=1S/C13H24N4/c1-10(2)17-11(3)15-16-13(17)7-6-12-5-4-8-14-9-12/h10,12,14H,4-9H2,1-3H3. The molecule has 1 aromatic rings. The molecule has 2 rings (SSSR count). The topological polar surface area (TPSA) is 42.7 Å². The fourth-order valence-corrected chi connectivity index (χ4v) is 2.76. The molecular formula is C13H24N4. The zero-order valence-corrected chi connectivity index (χ0v) is 11.2. The van der Waals surface area contributed by atoms with Crippen LogP contribution in [0.4, 0.5) is 0 Å². The Hall–Kier alpha value is -0.900. The number of hydrogen-bond donors (Lipinski definition) is 1. The van der Waals surface area contributed by atoms with E-state index in [4.69, 9.17) is 0 Å². The van der Waals surface area contributed by atoms with E-state index >= 15 is 0 Å². The Balaban J connectivity index is 1.94. The highest BCUT2D eigenvalue weighted by Gasteiger charge is 2.16. The van der Waals surface area contributed by atoms with Gasteiger partial charge >= 0.3 is 0 Å². The Labute approximate surface area is 104 Å². The minimum absolute atomic E-state index is 0.462. The maximum Gasteiger partial charge on any atom is 0.133 e. The molecule has 96 valence electrons. The van der Waals surface area contributed by atoms with Crippen molar-refractivity contribution < 1.29 is 0 Å². The van der Waals surface area contributed by atoms with Gasteiger partial charge in [-0.25, -0.2) is 0 Å². The van der Waals surface area contributed by atoms with E-state index < -0.39 is 0 Å². The molecule has 0 spiro atoms. The first-order chi connectivity index (χ1) is 8.18. The molecule has 17 heavy (non-hydrogen) atoms. The molecule has 1 N–H and O–H groups in total. The van der Waals surface area contributed by atoms with Crippen molar-refractivity contribution in [3.63, 3.8) is 0 Å². The van der Waals surface area contributed by atoms with Gasteiger partial charge in [0.2, 0.25) is 0 Å². The molecule has 0 radical (unpaired) electrons. The van der Waals surface area contributed by atoms with Crippen LogP contribution in [-0.4, -0.2) is 27.9 Å². The Kier molecular flexibility index (Phi) is 4.15. The summed E-state index contributed by atoms with van der Waals surface area (Å²) in [5.41, 5.74) is 0. The second kappa shape index (κ2) is 5.63. The van der Waals surface area contributed by atoms with Crippen LogP contribution in [0.25, 0.3) is 0 Å². The summed E-state index contributed by atoms with van der Waals surface area (Å²) in [4.78, 5) is 0. The lowest BCUT2D eigenvalue weighted by Crippen LogP contribution is -2.30. The molecule has 4 nitrogen and oxygen atoms in total.